The van der Waals surface area contributed by atoms with Gasteiger partial charge in [-0.25, -0.2) is 0 Å². The molecule has 0 aromatic heterocycles. The Balaban J connectivity index is 2.37. The maximum atomic E-state index is 11.7. The number of rotatable bonds is 20. The molecule has 0 fully saturated rings. The van der Waals surface area contributed by atoms with Gasteiger partial charge in [-0.1, -0.05) is 169 Å². The molecule has 1 unspecified atom stereocenters. The van der Waals surface area contributed by atoms with Crippen LogP contribution in [0.5, 0.6) is 0 Å². The van der Waals surface area contributed by atoms with Crippen LogP contribution < -0.4 is 0 Å². The number of benzene rings is 1. The summed E-state index contributed by atoms with van der Waals surface area (Å²) in [6.07, 6.45) is 23.1. The lowest BCUT2D eigenvalue weighted by Gasteiger charge is -2.28. The van der Waals surface area contributed by atoms with Crippen molar-refractivity contribution in [1.29, 1.82) is 0 Å². The molecule has 0 aliphatic heterocycles. The third kappa shape index (κ3) is 15.6. The zero-order chi connectivity index (χ0) is 27.7. The highest BCUT2D eigenvalue weighted by Crippen LogP contribution is 2.35. The van der Waals surface area contributed by atoms with Gasteiger partial charge in [-0.2, -0.15) is 0 Å². The van der Waals surface area contributed by atoms with Gasteiger partial charge in [-0.3, -0.25) is 4.79 Å². The van der Waals surface area contributed by atoms with Crippen LogP contribution in [0.3, 0.4) is 0 Å². The Morgan fingerprint density at radius 2 is 0.973 bits per heavy atom. The highest BCUT2D eigenvalue weighted by atomic mass is 16.4. The van der Waals surface area contributed by atoms with Crippen molar-refractivity contribution in [1.82, 2.24) is 0 Å². The van der Waals surface area contributed by atoms with Crippen molar-refractivity contribution in [3.8, 4) is 0 Å². The lowest BCUT2D eigenvalue weighted by molar-refractivity contribution is -0.137. The molecule has 37 heavy (non-hydrogen) atoms. The first-order valence-corrected chi connectivity index (χ1v) is 15.8. The Bertz CT molecular complexity index is 702. The maximum absolute atomic E-state index is 11.7. The molecule has 1 rings (SSSR count). The molecular weight excluding hydrogens is 452 g/mol. The molecule has 214 valence electrons. The van der Waals surface area contributed by atoms with E-state index in [0.717, 1.165) is 12.8 Å². The van der Waals surface area contributed by atoms with Gasteiger partial charge in [0, 0.05) is 0 Å². The Labute approximate surface area is 231 Å². The van der Waals surface area contributed by atoms with E-state index in [4.69, 9.17) is 0 Å². The van der Waals surface area contributed by atoms with E-state index < -0.39 is 5.97 Å². The zero-order valence-corrected chi connectivity index (χ0v) is 25.9. The van der Waals surface area contributed by atoms with Crippen molar-refractivity contribution < 1.29 is 9.90 Å². The van der Waals surface area contributed by atoms with Crippen LogP contribution in [0.4, 0.5) is 0 Å². The maximum Gasteiger partial charge on any atom is 0.303 e. The number of unbranched alkanes of at least 4 members (excludes halogenated alkanes) is 15. The summed E-state index contributed by atoms with van der Waals surface area (Å²) in [6, 6.07) is 6.90. The molecule has 0 aliphatic rings. The van der Waals surface area contributed by atoms with Crippen LogP contribution in [-0.2, 0) is 15.6 Å². The van der Waals surface area contributed by atoms with Crippen LogP contribution in [0.15, 0.2) is 18.2 Å². The SMILES string of the molecule is CCCCCCCCCCCCCCCCCCC(CC(=O)O)c1cc(C(C)(C)C)cc(C(C)(C)C)c1. The van der Waals surface area contributed by atoms with Crippen molar-refractivity contribution in [3.63, 3.8) is 0 Å². The van der Waals surface area contributed by atoms with Crippen LogP contribution >= 0.6 is 0 Å². The van der Waals surface area contributed by atoms with E-state index in [0.29, 0.717) is 0 Å². The molecule has 1 atom stereocenters. The van der Waals surface area contributed by atoms with Crippen molar-refractivity contribution in [2.45, 2.75) is 181 Å². The fourth-order valence-corrected chi connectivity index (χ4v) is 5.29. The Kier molecular flexibility index (Phi) is 16.5. The zero-order valence-electron chi connectivity index (χ0n) is 25.9. The fourth-order valence-electron chi connectivity index (χ4n) is 5.29. The van der Waals surface area contributed by atoms with E-state index >= 15 is 0 Å². The van der Waals surface area contributed by atoms with Gasteiger partial charge in [0.15, 0.2) is 0 Å². The van der Waals surface area contributed by atoms with Crippen molar-refractivity contribution >= 4 is 5.97 Å². The molecule has 2 nitrogen and oxygen atoms in total. The summed E-state index contributed by atoms with van der Waals surface area (Å²) in [5, 5.41) is 9.64. The quantitative estimate of drug-likeness (QED) is 0.176. The number of hydrogen-bond acceptors (Lipinski definition) is 1. The minimum Gasteiger partial charge on any atom is -0.481 e. The van der Waals surface area contributed by atoms with Gasteiger partial charge in [0.2, 0.25) is 0 Å². The lowest BCUT2D eigenvalue weighted by Crippen LogP contribution is -2.18. The molecule has 1 aromatic carbocycles. The van der Waals surface area contributed by atoms with Crippen LogP contribution in [-0.4, -0.2) is 11.1 Å². The number of carbonyl (C=O) groups is 1. The Morgan fingerprint density at radius 3 is 1.30 bits per heavy atom. The van der Waals surface area contributed by atoms with E-state index in [2.05, 4.69) is 66.7 Å². The number of aliphatic carboxylic acids is 1. The Hall–Kier alpha value is -1.31. The summed E-state index contributed by atoms with van der Waals surface area (Å²) in [6.45, 7) is 15.8. The predicted molar refractivity (Wildman–Crippen MR) is 163 cm³/mol. The first kappa shape index (κ1) is 33.7. The molecule has 0 aliphatic carbocycles. The number of carboxylic acid groups (broad SMARTS) is 1. The topological polar surface area (TPSA) is 37.3 Å². The van der Waals surface area contributed by atoms with Gasteiger partial charge in [0.05, 0.1) is 6.42 Å². The van der Waals surface area contributed by atoms with Gasteiger partial charge in [-0.15, -0.1) is 0 Å². The second-order valence-electron chi connectivity index (χ2n) is 13.7. The van der Waals surface area contributed by atoms with Crippen LogP contribution in [0.1, 0.15) is 187 Å². The van der Waals surface area contributed by atoms with Gasteiger partial charge < -0.3 is 5.11 Å². The second kappa shape index (κ2) is 18.1. The summed E-state index contributed by atoms with van der Waals surface area (Å²) >= 11 is 0. The predicted octanol–water partition coefficient (Wildman–Crippen LogP) is 11.5. The van der Waals surface area contributed by atoms with Gasteiger partial charge in [0.1, 0.15) is 0 Å². The average Bonchev–Trinajstić information content (AvgIpc) is 2.81. The van der Waals surface area contributed by atoms with E-state index in [1.165, 1.54) is 113 Å². The van der Waals surface area contributed by atoms with E-state index in [1.807, 2.05) is 0 Å². The molecule has 0 spiro atoms. The minimum absolute atomic E-state index is 0.0536. The van der Waals surface area contributed by atoms with Crippen LogP contribution in [0.25, 0.3) is 0 Å². The molecular formula is C35H62O2. The van der Waals surface area contributed by atoms with Gasteiger partial charge in [-0.05, 0) is 39.9 Å². The van der Waals surface area contributed by atoms with Gasteiger partial charge >= 0.3 is 5.97 Å². The lowest BCUT2D eigenvalue weighted by atomic mass is 9.77. The molecule has 0 radical (unpaired) electrons. The molecule has 0 heterocycles. The first-order chi connectivity index (χ1) is 17.4. The summed E-state index contributed by atoms with van der Waals surface area (Å²) in [4.78, 5) is 11.7. The third-order valence-electron chi connectivity index (χ3n) is 7.99. The number of carboxylic acids is 1. The molecule has 0 saturated carbocycles. The third-order valence-corrected chi connectivity index (χ3v) is 7.99. The standard InChI is InChI=1S/C35H62O2/c1-8-9-10-11-12-13-14-15-16-17-18-19-20-21-22-23-24-29(27-33(36)37)30-25-31(34(2,3)4)28-32(26-30)35(5,6)7/h25-26,28-29H,8-24,27H2,1-7H3,(H,36,37). The number of hydrogen-bond donors (Lipinski definition) is 1. The van der Waals surface area contributed by atoms with Crippen molar-refractivity contribution in [3.05, 3.63) is 34.9 Å². The summed E-state index contributed by atoms with van der Waals surface area (Å²) in [5.41, 5.74) is 3.96. The van der Waals surface area contributed by atoms with Crippen molar-refractivity contribution in [2.75, 3.05) is 0 Å². The highest BCUT2D eigenvalue weighted by molar-refractivity contribution is 5.68. The van der Waals surface area contributed by atoms with E-state index in [-0.39, 0.29) is 23.2 Å². The van der Waals surface area contributed by atoms with Crippen LogP contribution in [0.2, 0.25) is 0 Å². The monoisotopic (exact) mass is 514 g/mol. The van der Waals surface area contributed by atoms with Crippen molar-refractivity contribution in [2.24, 2.45) is 0 Å². The normalized spacial score (nSPS) is 13.2. The molecule has 1 N–H and O–H groups in total. The smallest absolute Gasteiger partial charge is 0.303 e. The van der Waals surface area contributed by atoms with Gasteiger partial charge in [0.25, 0.3) is 0 Å². The van der Waals surface area contributed by atoms with E-state index in [9.17, 15) is 9.90 Å². The first-order valence-electron chi connectivity index (χ1n) is 15.8. The molecule has 1 aromatic rings. The second-order valence-corrected chi connectivity index (χ2v) is 13.7. The summed E-state index contributed by atoms with van der Waals surface area (Å²) in [7, 11) is 0. The minimum atomic E-state index is -0.681. The molecule has 2 heteroatoms. The summed E-state index contributed by atoms with van der Waals surface area (Å²) in [5.74, 6) is -0.576. The largest absolute Gasteiger partial charge is 0.481 e. The average molecular weight is 515 g/mol. The molecule has 0 saturated heterocycles. The summed E-state index contributed by atoms with van der Waals surface area (Å²) < 4.78 is 0. The Morgan fingerprint density at radius 1 is 0.622 bits per heavy atom. The fraction of sp³-hybridized carbons (Fsp3) is 0.800. The molecule has 0 amide bonds. The highest BCUT2D eigenvalue weighted by Gasteiger charge is 2.24. The van der Waals surface area contributed by atoms with E-state index in [1.54, 1.807) is 0 Å². The molecule has 0 bridgehead atoms. The van der Waals surface area contributed by atoms with Crippen LogP contribution in [0, 0.1) is 0 Å².